The smallest absolute Gasteiger partial charge is 0.306 e. The zero-order valence-corrected chi connectivity index (χ0v) is 43.0. The zero-order valence-electron chi connectivity index (χ0n) is 43.0. The summed E-state index contributed by atoms with van der Waals surface area (Å²) in [4.78, 5) is 38.1. The molecule has 0 saturated carbocycles. The van der Waals surface area contributed by atoms with E-state index >= 15 is 0 Å². The van der Waals surface area contributed by atoms with Gasteiger partial charge in [-0.3, -0.25) is 14.4 Å². The highest BCUT2D eigenvalue weighted by Gasteiger charge is 2.19. The van der Waals surface area contributed by atoms with Gasteiger partial charge in [0.15, 0.2) is 6.10 Å². The highest BCUT2D eigenvalue weighted by Crippen LogP contribution is 2.16. The predicted octanol–water partition coefficient (Wildman–Crippen LogP) is 18.4. The molecule has 0 fully saturated rings. The Hall–Kier alpha value is -2.89. The summed E-state index contributed by atoms with van der Waals surface area (Å²) in [5, 5.41) is 0. The summed E-state index contributed by atoms with van der Waals surface area (Å²) in [5.41, 5.74) is 0. The van der Waals surface area contributed by atoms with Crippen molar-refractivity contribution >= 4 is 17.9 Å². The van der Waals surface area contributed by atoms with Gasteiger partial charge in [-0.1, -0.05) is 255 Å². The molecule has 65 heavy (non-hydrogen) atoms. The van der Waals surface area contributed by atoms with Gasteiger partial charge >= 0.3 is 17.9 Å². The number of hydrogen-bond acceptors (Lipinski definition) is 6. The maximum absolute atomic E-state index is 12.8. The van der Waals surface area contributed by atoms with Gasteiger partial charge in [0.05, 0.1) is 0 Å². The summed E-state index contributed by atoms with van der Waals surface area (Å²) < 4.78 is 16.8. The monoisotopic (exact) mass is 909 g/mol. The van der Waals surface area contributed by atoms with Gasteiger partial charge in [0.2, 0.25) is 0 Å². The first-order chi connectivity index (χ1) is 32.0. The molecule has 0 rings (SSSR count). The minimum Gasteiger partial charge on any atom is -0.462 e. The van der Waals surface area contributed by atoms with Crippen LogP contribution in [0.25, 0.3) is 0 Å². The first-order valence-electron chi connectivity index (χ1n) is 27.8. The van der Waals surface area contributed by atoms with Crippen LogP contribution in [0.3, 0.4) is 0 Å². The minimum absolute atomic E-state index is 0.0809. The Labute approximate surface area is 402 Å². The SMILES string of the molecule is CC/C=C\C/C=C\C/C=C\C/C=C\C/C=C\CCCCCC(=O)OC[C@@H](COC(=O)CCCCCCCCCCCCCCC)OC(=O)CCCCCCCCCCCCCCCCC. The molecule has 0 aliphatic rings. The van der Waals surface area contributed by atoms with Crippen molar-refractivity contribution in [3.8, 4) is 0 Å². The average Bonchev–Trinajstić information content (AvgIpc) is 3.30. The second-order valence-electron chi connectivity index (χ2n) is 18.5. The first-order valence-corrected chi connectivity index (χ1v) is 27.8. The standard InChI is InChI=1S/C59H104O6/c1-4-7-10-13-16-19-22-25-27-28-29-30-32-34-37-40-43-46-49-52-58(61)64-55-56(54-63-57(60)51-48-45-42-39-36-33-24-21-18-15-12-9-6-3)65-59(62)53-50-47-44-41-38-35-31-26-23-20-17-14-11-8-5-2/h7,10,16,19,25,27,29-30,34,37,56H,4-6,8-9,11-15,17-18,20-24,26,28,31-33,35-36,38-55H2,1-3H3/b10-7-,19-16-,27-25-,30-29-,37-34-/t56-/m1/s1. The molecule has 0 saturated heterocycles. The van der Waals surface area contributed by atoms with Gasteiger partial charge < -0.3 is 14.2 Å². The highest BCUT2D eigenvalue weighted by molar-refractivity contribution is 5.71. The molecule has 376 valence electrons. The van der Waals surface area contributed by atoms with Crippen molar-refractivity contribution in [1.29, 1.82) is 0 Å². The van der Waals surface area contributed by atoms with Crippen molar-refractivity contribution in [1.82, 2.24) is 0 Å². The van der Waals surface area contributed by atoms with Crippen molar-refractivity contribution in [3.05, 3.63) is 60.8 Å². The van der Waals surface area contributed by atoms with Gasteiger partial charge in [0.1, 0.15) is 13.2 Å². The third kappa shape index (κ3) is 51.9. The number of unbranched alkanes of at least 4 members (excludes halogenated alkanes) is 29. The van der Waals surface area contributed by atoms with Crippen LogP contribution in [0.4, 0.5) is 0 Å². The Kier molecular flexibility index (Phi) is 51.3. The van der Waals surface area contributed by atoms with Gasteiger partial charge in [0.25, 0.3) is 0 Å². The van der Waals surface area contributed by atoms with E-state index in [1.807, 2.05) is 0 Å². The largest absolute Gasteiger partial charge is 0.462 e. The van der Waals surface area contributed by atoms with Gasteiger partial charge in [-0.2, -0.15) is 0 Å². The Morgan fingerprint density at radius 2 is 0.600 bits per heavy atom. The zero-order chi connectivity index (χ0) is 47.2. The van der Waals surface area contributed by atoms with Crippen molar-refractivity contribution < 1.29 is 28.6 Å². The maximum Gasteiger partial charge on any atom is 0.306 e. The average molecular weight is 909 g/mol. The summed E-state index contributed by atoms with van der Waals surface area (Å²) in [7, 11) is 0. The van der Waals surface area contributed by atoms with Crippen molar-refractivity contribution in [3.63, 3.8) is 0 Å². The topological polar surface area (TPSA) is 78.9 Å². The third-order valence-corrected chi connectivity index (χ3v) is 12.0. The highest BCUT2D eigenvalue weighted by atomic mass is 16.6. The van der Waals surface area contributed by atoms with Crippen LogP contribution in [-0.4, -0.2) is 37.2 Å². The van der Waals surface area contributed by atoms with E-state index in [-0.39, 0.29) is 31.1 Å². The molecular weight excluding hydrogens is 805 g/mol. The fourth-order valence-corrected chi connectivity index (χ4v) is 7.88. The van der Waals surface area contributed by atoms with Crippen LogP contribution in [0.1, 0.15) is 278 Å². The van der Waals surface area contributed by atoms with Crippen LogP contribution in [0.5, 0.6) is 0 Å². The molecule has 6 heteroatoms. The molecule has 0 aliphatic heterocycles. The number of hydrogen-bond donors (Lipinski definition) is 0. The lowest BCUT2D eigenvalue weighted by Crippen LogP contribution is -2.30. The summed E-state index contributed by atoms with van der Waals surface area (Å²) >= 11 is 0. The summed E-state index contributed by atoms with van der Waals surface area (Å²) in [6.45, 7) is 6.52. The molecule has 0 spiro atoms. The number of carbonyl (C=O) groups is 3. The molecule has 0 aromatic carbocycles. The van der Waals surface area contributed by atoms with Crippen LogP contribution in [-0.2, 0) is 28.6 Å². The molecule has 1 atom stereocenters. The van der Waals surface area contributed by atoms with Gasteiger partial charge in [-0.05, 0) is 64.2 Å². The van der Waals surface area contributed by atoms with E-state index in [0.717, 1.165) is 96.3 Å². The molecular formula is C59H104O6. The van der Waals surface area contributed by atoms with E-state index in [1.54, 1.807) is 0 Å². The summed E-state index contributed by atoms with van der Waals surface area (Å²) in [6, 6.07) is 0. The van der Waals surface area contributed by atoms with Gasteiger partial charge in [-0.25, -0.2) is 0 Å². The number of rotatable bonds is 50. The van der Waals surface area contributed by atoms with Crippen LogP contribution >= 0.6 is 0 Å². The Balaban J connectivity index is 4.41. The molecule has 0 heterocycles. The molecule has 0 aromatic rings. The molecule has 0 aliphatic carbocycles. The number of carbonyl (C=O) groups excluding carboxylic acids is 3. The Morgan fingerprint density at radius 3 is 0.938 bits per heavy atom. The van der Waals surface area contributed by atoms with Crippen LogP contribution in [0.15, 0.2) is 60.8 Å². The van der Waals surface area contributed by atoms with Gasteiger partial charge in [-0.15, -0.1) is 0 Å². The molecule has 0 aromatic heterocycles. The quantitative estimate of drug-likeness (QED) is 0.0262. The summed E-state index contributed by atoms with van der Waals surface area (Å²) in [6.07, 6.45) is 66.3. The predicted molar refractivity (Wildman–Crippen MR) is 279 cm³/mol. The second-order valence-corrected chi connectivity index (χ2v) is 18.5. The number of esters is 3. The van der Waals surface area contributed by atoms with E-state index in [9.17, 15) is 14.4 Å². The first kappa shape index (κ1) is 62.1. The molecule has 0 N–H and O–H groups in total. The molecule has 0 bridgehead atoms. The molecule has 0 unspecified atom stereocenters. The third-order valence-electron chi connectivity index (χ3n) is 12.0. The number of allylic oxidation sites excluding steroid dienone is 10. The fourth-order valence-electron chi connectivity index (χ4n) is 7.88. The van der Waals surface area contributed by atoms with Gasteiger partial charge in [0, 0.05) is 19.3 Å². The molecule has 0 radical (unpaired) electrons. The Bertz CT molecular complexity index is 1180. The second kappa shape index (κ2) is 53.7. The lowest BCUT2D eigenvalue weighted by molar-refractivity contribution is -0.167. The van der Waals surface area contributed by atoms with E-state index in [1.165, 1.54) is 141 Å². The lowest BCUT2D eigenvalue weighted by atomic mass is 10.0. The molecule has 6 nitrogen and oxygen atoms in total. The van der Waals surface area contributed by atoms with E-state index in [2.05, 4.69) is 81.5 Å². The van der Waals surface area contributed by atoms with E-state index < -0.39 is 6.10 Å². The van der Waals surface area contributed by atoms with Crippen LogP contribution in [0.2, 0.25) is 0 Å². The lowest BCUT2D eigenvalue weighted by Gasteiger charge is -2.18. The van der Waals surface area contributed by atoms with Crippen molar-refractivity contribution in [2.75, 3.05) is 13.2 Å². The Morgan fingerprint density at radius 1 is 0.323 bits per heavy atom. The fraction of sp³-hybridized carbons (Fsp3) is 0.780. The minimum atomic E-state index is -0.784. The van der Waals surface area contributed by atoms with E-state index in [0.29, 0.717) is 19.3 Å². The van der Waals surface area contributed by atoms with Crippen LogP contribution < -0.4 is 0 Å². The van der Waals surface area contributed by atoms with Crippen LogP contribution in [0, 0.1) is 0 Å². The van der Waals surface area contributed by atoms with E-state index in [4.69, 9.17) is 14.2 Å². The number of ether oxygens (including phenoxy) is 3. The molecule has 0 amide bonds. The maximum atomic E-state index is 12.8. The summed E-state index contributed by atoms with van der Waals surface area (Å²) in [5.74, 6) is -0.902. The van der Waals surface area contributed by atoms with Crippen molar-refractivity contribution in [2.45, 2.75) is 284 Å². The normalized spacial score (nSPS) is 12.5. The van der Waals surface area contributed by atoms with Crippen molar-refractivity contribution in [2.24, 2.45) is 0 Å².